The molecule has 0 bridgehead atoms. The SMILES string of the molecule is CCCC(C(=O)OCC)c1ccc2ccccc2n1. The summed E-state index contributed by atoms with van der Waals surface area (Å²) in [6, 6.07) is 11.9. The van der Waals surface area contributed by atoms with Crippen molar-refractivity contribution in [3.8, 4) is 0 Å². The Balaban J connectivity index is 2.35. The van der Waals surface area contributed by atoms with E-state index in [1.165, 1.54) is 0 Å². The number of fused-ring (bicyclic) bond motifs is 1. The fraction of sp³-hybridized carbons (Fsp3) is 0.375. The quantitative estimate of drug-likeness (QED) is 0.767. The van der Waals surface area contributed by atoms with Crippen LogP contribution in [-0.4, -0.2) is 17.6 Å². The van der Waals surface area contributed by atoms with Gasteiger partial charge in [-0.15, -0.1) is 0 Å². The highest BCUT2D eigenvalue weighted by molar-refractivity contribution is 5.81. The first kappa shape index (κ1) is 13.5. The number of benzene rings is 1. The number of ether oxygens (including phenoxy) is 1. The van der Waals surface area contributed by atoms with E-state index in [1.54, 1.807) is 0 Å². The van der Waals surface area contributed by atoms with Crippen molar-refractivity contribution in [1.82, 2.24) is 4.98 Å². The Hall–Kier alpha value is -1.90. The van der Waals surface area contributed by atoms with Gasteiger partial charge in [-0.2, -0.15) is 0 Å². The second-order valence-corrected chi connectivity index (χ2v) is 4.52. The highest BCUT2D eigenvalue weighted by Crippen LogP contribution is 2.23. The third kappa shape index (κ3) is 3.11. The van der Waals surface area contributed by atoms with E-state index in [4.69, 9.17) is 4.74 Å². The maximum atomic E-state index is 12.0. The molecule has 0 aliphatic rings. The zero-order chi connectivity index (χ0) is 13.7. The zero-order valence-corrected chi connectivity index (χ0v) is 11.4. The van der Waals surface area contributed by atoms with Gasteiger partial charge < -0.3 is 4.74 Å². The number of pyridine rings is 1. The predicted octanol–water partition coefficient (Wildman–Crippen LogP) is 3.68. The second kappa shape index (κ2) is 6.32. The lowest BCUT2D eigenvalue weighted by molar-refractivity contribution is -0.145. The third-order valence-corrected chi connectivity index (χ3v) is 3.13. The minimum atomic E-state index is -0.255. The number of carbonyl (C=O) groups excluding carboxylic acids is 1. The molecule has 0 amide bonds. The Kier molecular flexibility index (Phi) is 4.50. The largest absolute Gasteiger partial charge is 0.465 e. The highest BCUT2D eigenvalue weighted by atomic mass is 16.5. The van der Waals surface area contributed by atoms with Gasteiger partial charge in [0.05, 0.1) is 23.7 Å². The number of hydrogen-bond donors (Lipinski definition) is 0. The maximum absolute atomic E-state index is 12.0. The molecule has 19 heavy (non-hydrogen) atoms. The van der Waals surface area contributed by atoms with Crippen LogP contribution in [-0.2, 0) is 9.53 Å². The van der Waals surface area contributed by atoms with Crippen molar-refractivity contribution >= 4 is 16.9 Å². The summed E-state index contributed by atoms with van der Waals surface area (Å²) >= 11 is 0. The number of para-hydroxylation sites is 1. The first-order chi connectivity index (χ1) is 9.26. The van der Waals surface area contributed by atoms with Crippen molar-refractivity contribution in [3.05, 3.63) is 42.1 Å². The summed E-state index contributed by atoms with van der Waals surface area (Å²) in [4.78, 5) is 16.6. The van der Waals surface area contributed by atoms with E-state index < -0.39 is 0 Å². The molecule has 3 heteroatoms. The van der Waals surface area contributed by atoms with E-state index in [2.05, 4.69) is 11.9 Å². The fourth-order valence-corrected chi connectivity index (χ4v) is 2.19. The molecule has 0 radical (unpaired) electrons. The van der Waals surface area contributed by atoms with Gasteiger partial charge in [0.15, 0.2) is 0 Å². The molecular weight excluding hydrogens is 238 g/mol. The van der Waals surface area contributed by atoms with Gasteiger partial charge in [0, 0.05) is 5.39 Å². The molecule has 2 aromatic rings. The summed E-state index contributed by atoms with van der Waals surface area (Å²) in [6.45, 7) is 4.30. The fourth-order valence-electron chi connectivity index (χ4n) is 2.19. The number of carbonyl (C=O) groups is 1. The highest BCUT2D eigenvalue weighted by Gasteiger charge is 2.22. The van der Waals surface area contributed by atoms with Gasteiger partial charge in [-0.25, -0.2) is 0 Å². The molecule has 1 aromatic carbocycles. The van der Waals surface area contributed by atoms with E-state index in [1.807, 2.05) is 43.3 Å². The van der Waals surface area contributed by atoms with Gasteiger partial charge in [0.1, 0.15) is 0 Å². The molecule has 0 aliphatic carbocycles. The zero-order valence-electron chi connectivity index (χ0n) is 11.4. The minimum absolute atomic E-state index is 0.174. The number of hydrogen-bond acceptors (Lipinski definition) is 3. The van der Waals surface area contributed by atoms with E-state index in [9.17, 15) is 4.79 Å². The van der Waals surface area contributed by atoms with E-state index in [0.29, 0.717) is 6.61 Å². The Morgan fingerprint density at radius 1 is 1.21 bits per heavy atom. The van der Waals surface area contributed by atoms with Crippen LogP contribution in [0.15, 0.2) is 36.4 Å². The van der Waals surface area contributed by atoms with Gasteiger partial charge in [-0.1, -0.05) is 37.6 Å². The van der Waals surface area contributed by atoms with Crippen molar-refractivity contribution in [1.29, 1.82) is 0 Å². The molecule has 0 aliphatic heterocycles. The Morgan fingerprint density at radius 3 is 2.74 bits per heavy atom. The number of aromatic nitrogens is 1. The number of esters is 1. The van der Waals surface area contributed by atoms with Gasteiger partial charge >= 0.3 is 5.97 Å². The van der Waals surface area contributed by atoms with Crippen molar-refractivity contribution < 1.29 is 9.53 Å². The lowest BCUT2D eigenvalue weighted by Gasteiger charge is -2.14. The standard InChI is InChI=1S/C16H19NO2/c1-3-7-13(16(18)19-4-2)15-11-10-12-8-5-6-9-14(12)17-15/h5-6,8-11,13H,3-4,7H2,1-2H3. The van der Waals surface area contributed by atoms with Crippen LogP contribution in [0.5, 0.6) is 0 Å². The van der Waals surface area contributed by atoms with Crippen molar-refractivity contribution in [2.75, 3.05) is 6.61 Å². The van der Waals surface area contributed by atoms with Crippen molar-refractivity contribution in [2.45, 2.75) is 32.6 Å². The number of nitrogens with zero attached hydrogens (tertiary/aromatic N) is 1. The van der Waals surface area contributed by atoms with Crippen molar-refractivity contribution in [2.24, 2.45) is 0 Å². The third-order valence-electron chi connectivity index (χ3n) is 3.13. The molecule has 0 saturated carbocycles. The monoisotopic (exact) mass is 257 g/mol. The first-order valence-corrected chi connectivity index (χ1v) is 6.78. The minimum Gasteiger partial charge on any atom is -0.465 e. The summed E-state index contributed by atoms with van der Waals surface area (Å²) in [6.07, 6.45) is 1.70. The molecule has 1 aromatic heterocycles. The van der Waals surface area contributed by atoms with Gasteiger partial charge in [0.2, 0.25) is 0 Å². The predicted molar refractivity (Wildman–Crippen MR) is 76.0 cm³/mol. The van der Waals surface area contributed by atoms with Crippen LogP contribution in [0.2, 0.25) is 0 Å². The van der Waals surface area contributed by atoms with E-state index in [0.717, 1.165) is 29.4 Å². The molecule has 0 saturated heterocycles. The summed E-state index contributed by atoms with van der Waals surface area (Å²) in [5.74, 6) is -0.429. The molecule has 0 fully saturated rings. The van der Waals surface area contributed by atoms with Crippen molar-refractivity contribution in [3.63, 3.8) is 0 Å². The van der Waals surface area contributed by atoms with Crippen LogP contribution in [0.3, 0.4) is 0 Å². The maximum Gasteiger partial charge on any atom is 0.315 e. The summed E-state index contributed by atoms with van der Waals surface area (Å²) in [7, 11) is 0. The second-order valence-electron chi connectivity index (χ2n) is 4.52. The average Bonchev–Trinajstić information content (AvgIpc) is 2.44. The van der Waals surface area contributed by atoms with Crippen LogP contribution in [0, 0.1) is 0 Å². The van der Waals surface area contributed by atoms with Crippen LogP contribution < -0.4 is 0 Å². The molecule has 1 unspecified atom stereocenters. The smallest absolute Gasteiger partial charge is 0.315 e. The van der Waals surface area contributed by atoms with Gasteiger partial charge in [0.25, 0.3) is 0 Å². The first-order valence-electron chi connectivity index (χ1n) is 6.78. The molecule has 0 N–H and O–H groups in total. The van der Waals surface area contributed by atoms with E-state index >= 15 is 0 Å². The normalized spacial score (nSPS) is 12.3. The lowest BCUT2D eigenvalue weighted by atomic mass is 9.98. The molecule has 100 valence electrons. The molecule has 3 nitrogen and oxygen atoms in total. The number of rotatable bonds is 5. The van der Waals surface area contributed by atoms with E-state index in [-0.39, 0.29) is 11.9 Å². The van der Waals surface area contributed by atoms with Gasteiger partial charge in [-0.3, -0.25) is 9.78 Å². The topological polar surface area (TPSA) is 39.2 Å². The Bertz CT molecular complexity index is 565. The van der Waals surface area contributed by atoms with Crippen LogP contribution in [0.1, 0.15) is 38.3 Å². The molecule has 1 atom stereocenters. The van der Waals surface area contributed by atoms with Crippen LogP contribution in [0.4, 0.5) is 0 Å². The summed E-state index contributed by atoms with van der Waals surface area (Å²) in [5.41, 5.74) is 1.73. The summed E-state index contributed by atoms with van der Waals surface area (Å²) < 4.78 is 5.14. The molecule has 0 spiro atoms. The lowest BCUT2D eigenvalue weighted by Crippen LogP contribution is -2.17. The van der Waals surface area contributed by atoms with Crippen LogP contribution in [0.25, 0.3) is 10.9 Å². The average molecular weight is 257 g/mol. The molecule has 2 rings (SSSR count). The summed E-state index contributed by atoms with van der Waals surface area (Å²) in [5, 5.41) is 1.09. The van der Waals surface area contributed by atoms with Crippen LogP contribution >= 0.6 is 0 Å². The molecule has 1 heterocycles. The molecular formula is C16H19NO2. The van der Waals surface area contributed by atoms with Gasteiger partial charge in [-0.05, 0) is 25.5 Å². The Morgan fingerprint density at radius 2 is 2.00 bits per heavy atom. The Labute approximate surface area is 113 Å².